The Morgan fingerprint density at radius 2 is 1.86 bits per heavy atom. The first-order chi connectivity index (χ1) is 10.0. The van der Waals surface area contributed by atoms with Gasteiger partial charge < -0.3 is 11.1 Å². The number of amides is 1. The first kappa shape index (κ1) is 14.4. The molecule has 2 saturated carbocycles. The van der Waals surface area contributed by atoms with Crippen LogP contribution in [-0.2, 0) is 11.2 Å². The van der Waals surface area contributed by atoms with Gasteiger partial charge in [-0.3, -0.25) is 4.79 Å². The molecule has 3 nitrogen and oxygen atoms in total. The van der Waals surface area contributed by atoms with Crippen LogP contribution in [0, 0.1) is 29.4 Å². The van der Waals surface area contributed by atoms with Gasteiger partial charge in [0.05, 0.1) is 5.92 Å². The van der Waals surface area contributed by atoms with Gasteiger partial charge in [0, 0.05) is 18.7 Å². The van der Waals surface area contributed by atoms with Gasteiger partial charge in [-0.05, 0) is 55.2 Å². The molecule has 2 fully saturated rings. The van der Waals surface area contributed by atoms with Crippen LogP contribution in [0.25, 0.3) is 0 Å². The van der Waals surface area contributed by atoms with Gasteiger partial charge in [-0.25, -0.2) is 8.78 Å². The summed E-state index contributed by atoms with van der Waals surface area (Å²) in [5.74, 6) is -0.378. The van der Waals surface area contributed by atoms with E-state index in [9.17, 15) is 13.6 Å². The van der Waals surface area contributed by atoms with E-state index in [1.165, 1.54) is 12.1 Å². The van der Waals surface area contributed by atoms with Gasteiger partial charge in [-0.15, -0.1) is 0 Å². The summed E-state index contributed by atoms with van der Waals surface area (Å²) < 4.78 is 26.1. The summed E-state index contributed by atoms with van der Waals surface area (Å²) in [4.78, 5) is 12.2. The van der Waals surface area contributed by atoms with Crippen molar-refractivity contribution in [2.24, 2.45) is 23.5 Å². The summed E-state index contributed by atoms with van der Waals surface area (Å²) in [6.07, 6.45) is 3.70. The number of halogens is 2. The number of carbonyl (C=O) groups excluding carboxylic acids is 1. The molecule has 2 aliphatic carbocycles. The SMILES string of the molecule is NC1C2CCC(C2)C1C(=O)NCCc1cc(F)cc(F)c1. The Balaban J connectivity index is 1.52. The molecule has 1 aromatic rings. The lowest BCUT2D eigenvalue weighted by atomic mass is 9.84. The predicted molar refractivity (Wildman–Crippen MR) is 75.4 cm³/mol. The second-order valence-corrected chi connectivity index (χ2v) is 6.26. The molecular formula is C16H20F2N2O. The third-order valence-corrected chi connectivity index (χ3v) is 4.92. The number of carbonyl (C=O) groups is 1. The van der Waals surface area contributed by atoms with E-state index in [2.05, 4.69) is 5.32 Å². The summed E-state index contributed by atoms with van der Waals surface area (Å²) in [5, 5.41) is 2.86. The summed E-state index contributed by atoms with van der Waals surface area (Å²) >= 11 is 0. The van der Waals surface area contributed by atoms with E-state index in [0.29, 0.717) is 30.4 Å². The van der Waals surface area contributed by atoms with E-state index in [1.54, 1.807) is 0 Å². The summed E-state index contributed by atoms with van der Waals surface area (Å²) in [5.41, 5.74) is 6.67. The highest BCUT2D eigenvalue weighted by molar-refractivity contribution is 5.80. The zero-order valence-electron chi connectivity index (χ0n) is 11.8. The van der Waals surface area contributed by atoms with Crippen LogP contribution in [0.5, 0.6) is 0 Å². The van der Waals surface area contributed by atoms with Gasteiger partial charge in [0.25, 0.3) is 0 Å². The summed E-state index contributed by atoms with van der Waals surface area (Å²) in [6.45, 7) is 0.377. The molecule has 0 aliphatic heterocycles. The van der Waals surface area contributed by atoms with E-state index in [-0.39, 0.29) is 17.9 Å². The van der Waals surface area contributed by atoms with Crippen molar-refractivity contribution in [2.75, 3.05) is 6.54 Å². The molecule has 1 aromatic carbocycles. The zero-order chi connectivity index (χ0) is 15.0. The first-order valence-corrected chi connectivity index (χ1v) is 7.53. The molecule has 0 aromatic heterocycles. The smallest absolute Gasteiger partial charge is 0.224 e. The van der Waals surface area contributed by atoms with Crippen molar-refractivity contribution in [1.82, 2.24) is 5.32 Å². The molecule has 4 atom stereocenters. The van der Waals surface area contributed by atoms with E-state index in [4.69, 9.17) is 5.73 Å². The maximum Gasteiger partial charge on any atom is 0.224 e. The number of hydrogen-bond donors (Lipinski definition) is 2. The largest absolute Gasteiger partial charge is 0.355 e. The number of nitrogens with two attached hydrogens (primary N) is 1. The van der Waals surface area contributed by atoms with Crippen LogP contribution in [0.4, 0.5) is 8.78 Å². The standard InChI is InChI=1S/C16H20F2N2O/c17-12-5-9(6-13(18)8-12)3-4-20-16(21)14-10-1-2-11(7-10)15(14)19/h5-6,8,10-11,14-15H,1-4,7,19H2,(H,20,21). The zero-order valence-corrected chi connectivity index (χ0v) is 11.8. The number of nitrogens with one attached hydrogen (secondary N) is 1. The highest BCUT2D eigenvalue weighted by Gasteiger charge is 2.48. The third kappa shape index (κ3) is 2.93. The van der Waals surface area contributed by atoms with Gasteiger partial charge in [-0.1, -0.05) is 0 Å². The first-order valence-electron chi connectivity index (χ1n) is 7.53. The normalized spacial score (nSPS) is 30.6. The number of hydrogen-bond acceptors (Lipinski definition) is 2. The minimum Gasteiger partial charge on any atom is -0.355 e. The molecule has 2 aliphatic rings. The summed E-state index contributed by atoms with van der Waals surface area (Å²) in [6, 6.07) is 3.39. The van der Waals surface area contributed by atoms with Crippen molar-refractivity contribution in [3.63, 3.8) is 0 Å². The molecule has 5 heteroatoms. The van der Waals surface area contributed by atoms with Gasteiger partial charge in [0.15, 0.2) is 0 Å². The predicted octanol–water partition coefficient (Wildman–Crippen LogP) is 2.00. The molecular weight excluding hydrogens is 274 g/mol. The average molecular weight is 294 g/mol. The molecule has 4 unspecified atom stereocenters. The molecule has 1 amide bonds. The van der Waals surface area contributed by atoms with Crippen LogP contribution in [0.15, 0.2) is 18.2 Å². The minimum atomic E-state index is -0.591. The second kappa shape index (κ2) is 5.72. The van der Waals surface area contributed by atoms with Crippen molar-refractivity contribution in [3.8, 4) is 0 Å². The topological polar surface area (TPSA) is 55.1 Å². The molecule has 21 heavy (non-hydrogen) atoms. The van der Waals surface area contributed by atoms with Crippen LogP contribution < -0.4 is 11.1 Å². The second-order valence-electron chi connectivity index (χ2n) is 6.26. The van der Waals surface area contributed by atoms with Crippen molar-refractivity contribution in [1.29, 1.82) is 0 Å². The lowest BCUT2D eigenvalue weighted by Gasteiger charge is -2.27. The van der Waals surface area contributed by atoms with Gasteiger partial charge in [0.1, 0.15) is 11.6 Å². The maximum absolute atomic E-state index is 13.1. The Labute approximate surface area is 122 Å². The van der Waals surface area contributed by atoms with Crippen molar-refractivity contribution >= 4 is 5.91 Å². The molecule has 0 heterocycles. The van der Waals surface area contributed by atoms with Crippen LogP contribution in [0.2, 0.25) is 0 Å². The molecule has 3 rings (SSSR count). The fourth-order valence-electron chi connectivity index (χ4n) is 3.93. The highest BCUT2D eigenvalue weighted by atomic mass is 19.1. The monoisotopic (exact) mass is 294 g/mol. The number of rotatable bonds is 4. The van der Waals surface area contributed by atoms with Gasteiger partial charge >= 0.3 is 0 Å². The lowest BCUT2D eigenvalue weighted by Crippen LogP contribution is -2.45. The summed E-state index contributed by atoms with van der Waals surface area (Å²) in [7, 11) is 0. The third-order valence-electron chi connectivity index (χ3n) is 4.92. The van der Waals surface area contributed by atoms with E-state index in [0.717, 1.165) is 25.3 Å². The molecule has 2 bridgehead atoms. The van der Waals surface area contributed by atoms with Crippen LogP contribution in [0.3, 0.4) is 0 Å². The Morgan fingerprint density at radius 1 is 1.19 bits per heavy atom. The number of benzene rings is 1. The molecule has 3 N–H and O–H groups in total. The van der Waals surface area contributed by atoms with Crippen molar-refractivity contribution < 1.29 is 13.6 Å². The molecule has 0 saturated heterocycles. The Morgan fingerprint density at radius 3 is 2.48 bits per heavy atom. The fourth-order valence-corrected chi connectivity index (χ4v) is 3.93. The highest BCUT2D eigenvalue weighted by Crippen LogP contribution is 2.47. The fraction of sp³-hybridized carbons (Fsp3) is 0.562. The Kier molecular flexibility index (Phi) is 3.93. The average Bonchev–Trinajstić information content (AvgIpc) is 2.98. The molecule has 0 radical (unpaired) electrons. The quantitative estimate of drug-likeness (QED) is 0.892. The Hall–Kier alpha value is -1.49. The maximum atomic E-state index is 13.1. The number of fused-ring (bicyclic) bond motifs is 2. The van der Waals surface area contributed by atoms with Crippen molar-refractivity contribution in [2.45, 2.75) is 31.7 Å². The Bertz CT molecular complexity index is 527. The van der Waals surface area contributed by atoms with E-state index in [1.807, 2.05) is 0 Å². The lowest BCUT2D eigenvalue weighted by molar-refractivity contribution is -0.127. The van der Waals surface area contributed by atoms with E-state index < -0.39 is 11.6 Å². The van der Waals surface area contributed by atoms with Gasteiger partial charge in [-0.2, -0.15) is 0 Å². The van der Waals surface area contributed by atoms with Crippen LogP contribution in [0.1, 0.15) is 24.8 Å². The van der Waals surface area contributed by atoms with Crippen LogP contribution >= 0.6 is 0 Å². The van der Waals surface area contributed by atoms with Gasteiger partial charge in [0.2, 0.25) is 5.91 Å². The van der Waals surface area contributed by atoms with Crippen LogP contribution in [-0.4, -0.2) is 18.5 Å². The van der Waals surface area contributed by atoms with Crippen molar-refractivity contribution in [3.05, 3.63) is 35.4 Å². The minimum absolute atomic E-state index is 0.00780. The molecule has 114 valence electrons. The van der Waals surface area contributed by atoms with E-state index >= 15 is 0 Å². The molecule has 0 spiro atoms.